The van der Waals surface area contributed by atoms with Crippen molar-refractivity contribution in [2.24, 2.45) is 0 Å². The molecule has 0 atom stereocenters. The van der Waals surface area contributed by atoms with Crippen LogP contribution in [0.15, 0.2) is 34.9 Å². The van der Waals surface area contributed by atoms with Gasteiger partial charge in [-0.2, -0.15) is 0 Å². The van der Waals surface area contributed by atoms with Crippen LogP contribution < -0.4 is 5.32 Å². The second kappa shape index (κ2) is 5.72. The normalized spacial score (nSPS) is 10.3. The van der Waals surface area contributed by atoms with Crippen LogP contribution in [0.4, 0.5) is 5.69 Å². The predicted octanol–water partition coefficient (Wildman–Crippen LogP) is 4.37. The maximum absolute atomic E-state index is 12.2. The summed E-state index contributed by atoms with van der Waals surface area (Å²) in [5.74, 6) is -0.267. The van der Waals surface area contributed by atoms with Crippen molar-refractivity contribution in [3.8, 4) is 0 Å². The van der Waals surface area contributed by atoms with Crippen LogP contribution in [0.2, 0.25) is 5.15 Å². The third kappa shape index (κ3) is 3.14. The number of anilines is 1. The lowest BCUT2D eigenvalue weighted by Crippen LogP contribution is -2.14. The van der Waals surface area contributed by atoms with E-state index in [4.69, 9.17) is 11.6 Å². The van der Waals surface area contributed by atoms with Gasteiger partial charge < -0.3 is 5.32 Å². The predicted molar refractivity (Wildman–Crippen MR) is 80.8 cm³/mol. The van der Waals surface area contributed by atoms with Crippen molar-refractivity contribution >= 4 is 39.1 Å². The molecule has 19 heavy (non-hydrogen) atoms. The minimum Gasteiger partial charge on any atom is -0.321 e. The fourth-order valence-electron chi connectivity index (χ4n) is 1.77. The number of carbonyl (C=O) groups is 1. The SMILES string of the molecule is Cc1cccc(C)c1NC(=O)c1cc(Br)cnc1Cl. The number of carbonyl (C=O) groups excluding carboxylic acids is 1. The van der Waals surface area contributed by atoms with Crippen molar-refractivity contribution in [2.75, 3.05) is 5.32 Å². The van der Waals surface area contributed by atoms with Crippen LogP contribution in [0.5, 0.6) is 0 Å². The summed E-state index contributed by atoms with van der Waals surface area (Å²) in [6.45, 7) is 3.90. The van der Waals surface area contributed by atoms with E-state index in [1.54, 1.807) is 12.3 Å². The Morgan fingerprint density at radius 2 is 1.95 bits per heavy atom. The minimum atomic E-state index is -0.267. The number of amides is 1. The van der Waals surface area contributed by atoms with Gasteiger partial charge in [-0.05, 0) is 47.0 Å². The summed E-state index contributed by atoms with van der Waals surface area (Å²) >= 11 is 9.22. The summed E-state index contributed by atoms with van der Waals surface area (Å²) in [5, 5.41) is 3.07. The van der Waals surface area contributed by atoms with Crippen molar-refractivity contribution in [1.82, 2.24) is 4.98 Å². The van der Waals surface area contributed by atoms with E-state index in [1.807, 2.05) is 32.0 Å². The summed E-state index contributed by atoms with van der Waals surface area (Å²) in [6, 6.07) is 7.50. The molecule has 0 bridgehead atoms. The van der Waals surface area contributed by atoms with Crippen LogP contribution >= 0.6 is 27.5 Å². The molecular formula is C14H12BrClN2O. The molecule has 0 spiro atoms. The summed E-state index contributed by atoms with van der Waals surface area (Å²) in [4.78, 5) is 16.2. The molecule has 0 fully saturated rings. The molecule has 1 N–H and O–H groups in total. The van der Waals surface area contributed by atoms with Crippen molar-refractivity contribution < 1.29 is 4.79 Å². The number of benzene rings is 1. The molecule has 1 heterocycles. The van der Waals surface area contributed by atoms with Gasteiger partial charge in [-0.15, -0.1) is 0 Å². The lowest BCUT2D eigenvalue weighted by atomic mass is 10.1. The van der Waals surface area contributed by atoms with E-state index in [9.17, 15) is 4.79 Å². The Morgan fingerprint density at radius 3 is 2.58 bits per heavy atom. The van der Waals surface area contributed by atoms with Gasteiger partial charge in [0.05, 0.1) is 5.56 Å². The van der Waals surface area contributed by atoms with Crippen LogP contribution in [0.25, 0.3) is 0 Å². The number of nitrogens with zero attached hydrogens (tertiary/aromatic N) is 1. The van der Waals surface area contributed by atoms with E-state index in [0.717, 1.165) is 16.8 Å². The molecule has 1 aromatic heterocycles. The minimum absolute atomic E-state index is 0.187. The maximum Gasteiger partial charge on any atom is 0.258 e. The molecule has 0 saturated heterocycles. The molecule has 0 unspecified atom stereocenters. The molecule has 0 aliphatic carbocycles. The second-order valence-corrected chi connectivity index (χ2v) is 5.49. The van der Waals surface area contributed by atoms with Gasteiger partial charge in [0.15, 0.2) is 0 Å². The topological polar surface area (TPSA) is 42.0 Å². The Morgan fingerprint density at radius 1 is 1.32 bits per heavy atom. The van der Waals surface area contributed by atoms with E-state index < -0.39 is 0 Å². The van der Waals surface area contributed by atoms with Gasteiger partial charge >= 0.3 is 0 Å². The average Bonchev–Trinajstić information content (AvgIpc) is 2.37. The number of para-hydroxylation sites is 1. The van der Waals surface area contributed by atoms with Gasteiger partial charge in [0.25, 0.3) is 5.91 Å². The van der Waals surface area contributed by atoms with Gasteiger partial charge in [-0.25, -0.2) is 4.98 Å². The fourth-order valence-corrected chi connectivity index (χ4v) is 2.29. The molecule has 5 heteroatoms. The summed E-state index contributed by atoms with van der Waals surface area (Å²) in [7, 11) is 0. The highest BCUT2D eigenvalue weighted by Gasteiger charge is 2.14. The molecule has 0 aliphatic heterocycles. The molecule has 0 radical (unpaired) electrons. The molecule has 98 valence electrons. The lowest BCUT2D eigenvalue weighted by Gasteiger charge is -2.12. The zero-order valence-corrected chi connectivity index (χ0v) is 12.8. The Balaban J connectivity index is 2.34. The monoisotopic (exact) mass is 338 g/mol. The van der Waals surface area contributed by atoms with Crippen LogP contribution in [-0.2, 0) is 0 Å². The second-order valence-electron chi connectivity index (χ2n) is 4.21. The quantitative estimate of drug-likeness (QED) is 0.826. The van der Waals surface area contributed by atoms with Crippen molar-refractivity contribution in [2.45, 2.75) is 13.8 Å². The zero-order valence-electron chi connectivity index (χ0n) is 10.5. The molecule has 2 aromatic rings. The Kier molecular flexibility index (Phi) is 4.22. The van der Waals surface area contributed by atoms with Crippen LogP contribution in [0, 0.1) is 13.8 Å². The first-order valence-corrected chi connectivity index (χ1v) is 6.84. The fraction of sp³-hybridized carbons (Fsp3) is 0.143. The standard InChI is InChI=1S/C14H12BrClN2O/c1-8-4-3-5-9(2)12(8)18-14(19)11-6-10(15)7-17-13(11)16/h3-7H,1-2H3,(H,18,19). The summed E-state index contributed by atoms with van der Waals surface area (Å²) < 4.78 is 0.712. The van der Waals surface area contributed by atoms with Crippen LogP contribution in [-0.4, -0.2) is 10.9 Å². The third-order valence-electron chi connectivity index (χ3n) is 2.77. The Hall–Kier alpha value is -1.39. The number of rotatable bonds is 2. The number of aromatic nitrogens is 1. The molecule has 1 amide bonds. The highest BCUT2D eigenvalue weighted by atomic mass is 79.9. The number of hydrogen-bond donors (Lipinski definition) is 1. The zero-order chi connectivity index (χ0) is 14.0. The molecule has 3 nitrogen and oxygen atoms in total. The number of hydrogen-bond acceptors (Lipinski definition) is 2. The van der Waals surface area contributed by atoms with E-state index >= 15 is 0 Å². The first kappa shape index (κ1) is 14.0. The van der Waals surface area contributed by atoms with E-state index in [-0.39, 0.29) is 11.1 Å². The van der Waals surface area contributed by atoms with Crippen LogP contribution in [0.3, 0.4) is 0 Å². The Labute approximate surface area is 125 Å². The van der Waals surface area contributed by atoms with E-state index in [2.05, 4.69) is 26.2 Å². The summed E-state index contributed by atoms with van der Waals surface area (Å²) in [6.07, 6.45) is 1.55. The van der Waals surface area contributed by atoms with Gasteiger partial charge in [0, 0.05) is 16.4 Å². The number of pyridine rings is 1. The van der Waals surface area contributed by atoms with Gasteiger partial charge in [-0.1, -0.05) is 29.8 Å². The highest BCUT2D eigenvalue weighted by molar-refractivity contribution is 9.10. The molecular weight excluding hydrogens is 328 g/mol. The average molecular weight is 340 g/mol. The van der Waals surface area contributed by atoms with Gasteiger partial charge in [-0.3, -0.25) is 4.79 Å². The van der Waals surface area contributed by atoms with Crippen LogP contribution in [0.1, 0.15) is 21.5 Å². The van der Waals surface area contributed by atoms with E-state index in [0.29, 0.717) is 10.0 Å². The maximum atomic E-state index is 12.2. The number of halogens is 2. The smallest absolute Gasteiger partial charge is 0.258 e. The van der Waals surface area contributed by atoms with Gasteiger partial charge in [0.1, 0.15) is 5.15 Å². The summed E-state index contributed by atoms with van der Waals surface area (Å²) in [5.41, 5.74) is 3.17. The third-order valence-corrected chi connectivity index (χ3v) is 3.50. The molecule has 1 aromatic carbocycles. The number of nitrogens with one attached hydrogen (secondary N) is 1. The molecule has 0 aliphatic rings. The van der Waals surface area contributed by atoms with Gasteiger partial charge in [0.2, 0.25) is 0 Å². The van der Waals surface area contributed by atoms with Crippen molar-refractivity contribution in [3.63, 3.8) is 0 Å². The first-order valence-electron chi connectivity index (χ1n) is 5.67. The Bertz CT molecular complexity index is 623. The lowest BCUT2D eigenvalue weighted by molar-refractivity contribution is 0.102. The molecule has 2 rings (SSSR count). The van der Waals surface area contributed by atoms with E-state index in [1.165, 1.54) is 0 Å². The van der Waals surface area contributed by atoms with Crippen molar-refractivity contribution in [1.29, 1.82) is 0 Å². The first-order chi connectivity index (χ1) is 8.99. The largest absolute Gasteiger partial charge is 0.321 e. The molecule has 0 saturated carbocycles. The number of aryl methyl sites for hydroxylation is 2. The van der Waals surface area contributed by atoms with Crippen molar-refractivity contribution in [3.05, 3.63) is 56.8 Å². The highest BCUT2D eigenvalue weighted by Crippen LogP contribution is 2.23.